The van der Waals surface area contributed by atoms with Crippen LogP contribution in [0.15, 0.2) is 49.8 Å². The number of amides is 1. The highest BCUT2D eigenvalue weighted by atomic mass is 79.9. The molecule has 0 aliphatic heterocycles. The maximum atomic E-state index is 11.7. The molecule has 1 heterocycles. The second kappa shape index (κ2) is 6.26. The van der Waals surface area contributed by atoms with Crippen molar-refractivity contribution < 1.29 is 4.79 Å². The quantitative estimate of drug-likeness (QED) is 0.626. The van der Waals surface area contributed by atoms with Gasteiger partial charge in [0.05, 0.1) is 14.9 Å². The van der Waals surface area contributed by atoms with Gasteiger partial charge in [-0.1, -0.05) is 34.1 Å². The third-order valence-electron chi connectivity index (χ3n) is 2.07. The zero-order chi connectivity index (χ0) is 13.0. The summed E-state index contributed by atoms with van der Waals surface area (Å²) in [6, 6.07) is 11.2. The van der Waals surface area contributed by atoms with Crippen LogP contribution in [-0.4, -0.2) is 12.1 Å². The minimum absolute atomic E-state index is 0.214. The second-order valence-electron chi connectivity index (χ2n) is 3.32. The fraction of sp³-hybridized carbons (Fsp3) is 0. The molecule has 1 aromatic heterocycles. The molecule has 0 spiro atoms. The number of thiophene rings is 1. The van der Waals surface area contributed by atoms with Crippen LogP contribution in [0.3, 0.4) is 0 Å². The molecule has 0 bridgehead atoms. The van der Waals surface area contributed by atoms with E-state index in [1.54, 1.807) is 12.3 Å². The Morgan fingerprint density at radius 1 is 1.22 bits per heavy atom. The van der Waals surface area contributed by atoms with Gasteiger partial charge in [0.15, 0.2) is 0 Å². The van der Waals surface area contributed by atoms with Crippen molar-refractivity contribution in [3.8, 4) is 0 Å². The Morgan fingerprint density at radius 2 is 2.00 bits per heavy atom. The van der Waals surface area contributed by atoms with Crippen molar-refractivity contribution in [1.82, 2.24) is 5.43 Å². The van der Waals surface area contributed by atoms with Crippen LogP contribution >= 0.6 is 43.2 Å². The first-order valence-electron chi connectivity index (χ1n) is 5.00. The number of hydrogen-bond acceptors (Lipinski definition) is 3. The highest BCUT2D eigenvalue weighted by Crippen LogP contribution is 2.21. The molecule has 92 valence electrons. The van der Waals surface area contributed by atoms with Gasteiger partial charge in [-0.2, -0.15) is 5.10 Å². The van der Waals surface area contributed by atoms with Crippen LogP contribution in [0.2, 0.25) is 0 Å². The molecule has 0 saturated heterocycles. The Hall–Kier alpha value is -0.980. The Labute approximate surface area is 125 Å². The Bertz CT molecular complexity index is 595. The summed E-state index contributed by atoms with van der Waals surface area (Å²) in [5.74, 6) is -0.214. The van der Waals surface area contributed by atoms with Crippen molar-refractivity contribution in [2.75, 3.05) is 0 Å². The molecule has 3 nitrogen and oxygen atoms in total. The van der Waals surface area contributed by atoms with Crippen LogP contribution in [0.1, 0.15) is 15.2 Å². The first kappa shape index (κ1) is 13.5. The van der Waals surface area contributed by atoms with Crippen molar-refractivity contribution in [2.45, 2.75) is 0 Å². The number of halogens is 2. The first-order chi connectivity index (χ1) is 8.66. The van der Waals surface area contributed by atoms with E-state index in [-0.39, 0.29) is 5.91 Å². The predicted molar refractivity (Wildman–Crippen MR) is 81.2 cm³/mol. The summed E-state index contributed by atoms with van der Waals surface area (Å²) in [5.41, 5.74) is 3.39. The molecule has 0 saturated carbocycles. The SMILES string of the molecule is O=C(N/N=C/c1ccccc1Br)c1ccc(Br)s1. The lowest BCUT2D eigenvalue weighted by Crippen LogP contribution is -2.16. The van der Waals surface area contributed by atoms with Crippen molar-refractivity contribution in [3.63, 3.8) is 0 Å². The van der Waals surface area contributed by atoms with Gasteiger partial charge in [0.25, 0.3) is 5.91 Å². The number of nitrogens with zero attached hydrogens (tertiary/aromatic N) is 1. The summed E-state index contributed by atoms with van der Waals surface area (Å²) >= 11 is 8.08. The van der Waals surface area contributed by atoms with Crippen molar-refractivity contribution >= 4 is 55.3 Å². The topological polar surface area (TPSA) is 41.5 Å². The minimum atomic E-state index is -0.214. The number of hydrogen-bond donors (Lipinski definition) is 1. The number of benzene rings is 1. The lowest BCUT2D eigenvalue weighted by Gasteiger charge is -1.97. The predicted octanol–water partition coefficient (Wildman–Crippen LogP) is 4.04. The normalized spacial score (nSPS) is 10.8. The highest BCUT2D eigenvalue weighted by Gasteiger charge is 2.06. The monoisotopic (exact) mass is 386 g/mol. The Morgan fingerprint density at radius 3 is 2.67 bits per heavy atom. The molecule has 1 aromatic carbocycles. The second-order valence-corrected chi connectivity index (χ2v) is 6.64. The molecular weight excluding hydrogens is 380 g/mol. The van der Waals surface area contributed by atoms with Crippen molar-refractivity contribution in [1.29, 1.82) is 0 Å². The lowest BCUT2D eigenvalue weighted by molar-refractivity contribution is 0.0959. The van der Waals surface area contributed by atoms with E-state index in [4.69, 9.17) is 0 Å². The number of rotatable bonds is 3. The number of nitrogens with one attached hydrogen (secondary N) is 1. The van der Waals surface area contributed by atoms with Crippen LogP contribution in [0.4, 0.5) is 0 Å². The average molecular weight is 388 g/mol. The van der Waals surface area contributed by atoms with E-state index in [0.29, 0.717) is 4.88 Å². The molecule has 18 heavy (non-hydrogen) atoms. The van der Waals surface area contributed by atoms with Crippen molar-refractivity contribution in [3.05, 3.63) is 55.1 Å². The van der Waals surface area contributed by atoms with Gasteiger partial charge in [0, 0.05) is 10.0 Å². The third-order valence-corrected chi connectivity index (χ3v) is 4.42. The van der Waals surface area contributed by atoms with E-state index < -0.39 is 0 Å². The first-order valence-corrected chi connectivity index (χ1v) is 7.40. The maximum Gasteiger partial charge on any atom is 0.281 e. The smallest absolute Gasteiger partial charge is 0.266 e. The molecule has 0 aliphatic carbocycles. The van der Waals surface area contributed by atoms with Crippen LogP contribution < -0.4 is 5.43 Å². The zero-order valence-corrected chi connectivity index (χ0v) is 13.0. The third kappa shape index (κ3) is 3.51. The molecule has 0 unspecified atom stereocenters. The summed E-state index contributed by atoms with van der Waals surface area (Å²) in [6.45, 7) is 0. The van der Waals surface area contributed by atoms with E-state index in [9.17, 15) is 4.79 Å². The lowest BCUT2D eigenvalue weighted by atomic mass is 10.2. The summed E-state index contributed by atoms with van der Waals surface area (Å²) < 4.78 is 1.85. The summed E-state index contributed by atoms with van der Waals surface area (Å²) in [4.78, 5) is 12.3. The molecular formula is C12H8Br2N2OS. The molecule has 2 rings (SSSR count). The molecule has 0 radical (unpaired) electrons. The molecule has 0 atom stereocenters. The molecule has 0 aliphatic rings. The molecule has 6 heteroatoms. The van der Waals surface area contributed by atoms with E-state index in [2.05, 4.69) is 42.4 Å². The Balaban J connectivity index is 2.00. The number of carbonyl (C=O) groups excluding carboxylic acids is 1. The fourth-order valence-electron chi connectivity index (χ4n) is 1.23. The van der Waals surface area contributed by atoms with Gasteiger partial charge in [-0.05, 0) is 34.1 Å². The van der Waals surface area contributed by atoms with Crippen LogP contribution in [-0.2, 0) is 0 Å². The molecule has 2 aromatic rings. The molecule has 1 amide bonds. The highest BCUT2D eigenvalue weighted by molar-refractivity contribution is 9.11. The van der Waals surface area contributed by atoms with Crippen molar-refractivity contribution in [2.24, 2.45) is 5.10 Å². The Kier molecular flexibility index (Phi) is 4.68. The van der Waals surface area contributed by atoms with E-state index in [1.165, 1.54) is 11.3 Å². The standard InChI is InChI=1S/C12H8Br2N2OS/c13-9-4-2-1-3-8(9)7-15-16-12(17)10-5-6-11(14)18-10/h1-7H,(H,16,17)/b15-7+. The molecule has 1 N–H and O–H groups in total. The van der Waals surface area contributed by atoms with E-state index in [1.807, 2.05) is 30.3 Å². The van der Waals surface area contributed by atoms with Crippen LogP contribution in [0.5, 0.6) is 0 Å². The van der Waals surface area contributed by atoms with Crippen LogP contribution in [0, 0.1) is 0 Å². The van der Waals surface area contributed by atoms with Gasteiger partial charge < -0.3 is 0 Å². The largest absolute Gasteiger partial charge is 0.281 e. The van der Waals surface area contributed by atoms with Crippen LogP contribution in [0.25, 0.3) is 0 Å². The zero-order valence-electron chi connectivity index (χ0n) is 9.06. The van der Waals surface area contributed by atoms with Gasteiger partial charge in [-0.25, -0.2) is 5.43 Å². The fourth-order valence-corrected chi connectivity index (χ4v) is 2.89. The summed E-state index contributed by atoms with van der Waals surface area (Å²) in [5, 5.41) is 3.92. The van der Waals surface area contributed by atoms with E-state index >= 15 is 0 Å². The number of hydrazone groups is 1. The molecule has 0 fully saturated rings. The average Bonchev–Trinajstić information content (AvgIpc) is 2.78. The van der Waals surface area contributed by atoms with Gasteiger partial charge in [0.2, 0.25) is 0 Å². The van der Waals surface area contributed by atoms with E-state index in [0.717, 1.165) is 13.8 Å². The maximum absolute atomic E-state index is 11.7. The van der Waals surface area contributed by atoms with Gasteiger partial charge >= 0.3 is 0 Å². The van der Waals surface area contributed by atoms with Gasteiger partial charge in [0.1, 0.15) is 0 Å². The number of carbonyl (C=O) groups is 1. The minimum Gasteiger partial charge on any atom is -0.266 e. The van der Waals surface area contributed by atoms with Gasteiger partial charge in [-0.15, -0.1) is 11.3 Å². The van der Waals surface area contributed by atoms with Gasteiger partial charge in [-0.3, -0.25) is 4.79 Å². The summed E-state index contributed by atoms with van der Waals surface area (Å²) in [7, 11) is 0. The summed E-state index contributed by atoms with van der Waals surface area (Å²) in [6.07, 6.45) is 1.60.